The van der Waals surface area contributed by atoms with Crippen molar-refractivity contribution in [2.24, 2.45) is 5.41 Å². The number of aromatic amines is 1. The summed E-state index contributed by atoms with van der Waals surface area (Å²) < 4.78 is 5.96. The Hall–Kier alpha value is -1.62. The topological polar surface area (TPSA) is 54.0 Å². The van der Waals surface area contributed by atoms with E-state index < -0.39 is 0 Å². The van der Waals surface area contributed by atoms with Gasteiger partial charge in [-0.05, 0) is 32.3 Å². The zero-order valence-electron chi connectivity index (χ0n) is 12.7. The molecule has 2 saturated carbocycles. The van der Waals surface area contributed by atoms with Gasteiger partial charge in [0.25, 0.3) is 0 Å². The summed E-state index contributed by atoms with van der Waals surface area (Å²) in [5, 5.41) is 1.11. The normalized spacial score (nSPS) is 26.6. The van der Waals surface area contributed by atoms with Gasteiger partial charge in [-0.2, -0.15) is 0 Å². The largest absolute Gasteiger partial charge is 0.378 e. The molecule has 5 nitrogen and oxygen atoms in total. The third-order valence-corrected chi connectivity index (χ3v) is 5.53. The Labute approximate surface area is 124 Å². The number of anilines is 1. The molecule has 1 N–H and O–H groups in total. The van der Waals surface area contributed by atoms with Crippen molar-refractivity contribution in [2.75, 3.05) is 18.6 Å². The highest BCUT2D eigenvalue weighted by molar-refractivity contribution is 5.87. The molecule has 0 radical (unpaired) electrons. The van der Waals surface area contributed by atoms with Crippen molar-refractivity contribution in [3.63, 3.8) is 0 Å². The van der Waals surface area contributed by atoms with Crippen molar-refractivity contribution in [1.29, 1.82) is 0 Å². The van der Waals surface area contributed by atoms with E-state index in [0.29, 0.717) is 17.6 Å². The number of hydrogen-bond acceptors (Lipinski definition) is 4. The van der Waals surface area contributed by atoms with Crippen LogP contribution in [0.1, 0.15) is 32.6 Å². The minimum atomic E-state index is 0.359. The second-order valence-electron chi connectivity index (χ2n) is 6.33. The van der Waals surface area contributed by atoms with Gasteiger partial charge in [0, 0.05) is 31.3 Å². The Balaban J connectivity index is 1.63. The van der Waals surface area contributed by atoms with Crippen molar-refractivity contribution in [3.05, 3.63) is 18.6 Å². The lowest BCUT2D eigenvalue weighted by atomic mass is 9.50. The summed E-state index contributed by atoms with van der Waals surface area (Å²) in [4.78, 5) is 14.3. The second kappa shape index (κ2) is 4.70. The third kappa shape index (κ3) is 1.73. The fourth-order valence-electron chi connectivity index (χ4n) is 4.23. The summed E-state index contributed by atoms with van der Waals surface area (Å²) in [5.41, 5.74) is 1.27. The Morgan fingerprint density at radius 3 is 3.00 bits per heavy atom. The molecule has 0 saturated heterocycles. The van der Waals surface area contributed by atoms with E-state index in [-0.39, 0.29) is 0 Å². The number of hydrogen-bond donors (Lipinski definition) is 1. The van der Waals surface area contributed by atoms with E-state index in [0.717, 1.165) is 29.9 Å². The number of rotatable bonds is 4. The second-order valence-corrected chi connectivity index (χ2v) is 6.33. The van der Waals surface area contributed by atoms with E-state index in [2.05, 4.69) is 39.9 Å². The first-order chi connectivity index (χ1) is 10.3. The van der Waals surface area contributed by atoms with Crippen LogP contribution in [-0.2, 0) is 4.74 Å². The number of aromatic nitrogens is 3. The van der Waals surface area contributed by atoms with Crippen LogP contribution in [0.3, 0.4) is 0 Å². The van der Waals surface area contributed by atoms with Gasteiger partial charge in [0.2, 0.25) is 0 Å². The lowest BCUT2D eigenvalue weighted by Gasteiger charge is -2.63. The van der Waals surface area contributed by atoms with Crippen LogP contribution >= 0.6 is 0 Å². The van der Waals surface area contributed by atoms with Gasteiger partial charge in [-0.15, -0.1) is 0 Å². The van der Waals surface area contributed by atoms with E-state index >= 15 is 0 Å². The van der Waals surface area contributed by atoms with Crippen LogP contribution in [-0.4, -0.2) is 40.8 Å². The predicted molar refractivity (Wildman–Crippen MR) is 82.4 cm³/mol. The summed E-state index contributed by atoms with van der Waals surface area (Å²) in [7, 11) is 2.17. The minimum Gasteiger partial charge on any atom is -0.378 e. The first-order valence-corrected chi connectivity index (χ1v) is 7.89. The number of ether oxygens (including phenoxy) is 1. The van der Waals surface area contributed by atoms with Crippen molar-refractivity contribution in [2.45, 2.75) is 44.8 Å². The molecule has 2 aromatic rings. The van der Waals surface area contributed by atoms with E-state index in [4.69, 9.17) is 4.74 Å². The van der Waals surface area contributed by atoms with Crippen LogP contribution in [0.4, 0.5) is 5.82 Å². The molecule has 2 heterocycles. The summed E-state index contributed by atoms with van der Waals surface area (Å²) in [6, 6.07) is 2.60. The molecular formula is C16H22N4O. The average Bonchev–Trinajstić information content (AvgIpc) is 2.88. The highest BCUT2D eigenvalue weighted by Gasteiger charge is 2.60. The van der Waals surface area contributed by atoms with Gasteiger partial charge in [-0.25, -0.2) is 9.97 Å². The van der Waals surface area contributed by atoms with E-state index in [1.165, 1.54) is 19.3 Å². The monoisotopic (exact) mass is 286 g/mol. The van der Waals surface area contributed by atoms with Crippen LogP contribution in [0.15, 0.2) is 18.6 Å². The molecule has 2 aromatic heterocycles. The van der Waals surface area contributed by atoms with Crippen LogP contribution in [0.5, 0.6) is 0 Å². The molecule has 0 aliphatic heterocycles. The summed E-state index contributed by atoms with van der Waals surface area (Å²) in [5.74, 6) is 1.03. The Kier molecular flexibility index (Phi) is 2.92. The number of nitrogens with zero attached hydrogens (tertiary/aromatic N) is 3. The third-order valence-electron chi connectivity index (χ3n) is 5.53. The first kappa shape index (κ1) is 13.1. The fourth-order valence-corrected chi connectivity index (χ4v) is 4.23. The van der Waals surface area contributed by atoms with Crippen molar-refractivity contribution in [1.82, 2.24) is 15.0 Å². The molecular weight excluding hydrogens is 264 g/mol. The van der Waals surface area contributed by atoms with Gasteiger partial charge in [-0.1, -0.05) is 6.42 Å². The average molecular weight is 286 g/mol. The lowest BCUT2D eigenvalue weighted by molar-refractivity contribution is -0.164. The number of H-pyrrole nitrogens is 1. The van der Waals surface area contributed by atoms with E-state index in [1.54, 1.807) is 6.33 Å². The molecule has 2 unspecified atom stereocenters. The Morgan fingerprint density at radius 2 is 2.29 bits per heavy atom. The molecule has 5 heteroatoms. The van der Waals surface area contributed by atoms with Gasteiger partial charge in [0.1, 0.15) is 17.8 Å². The van der Waals surface area contributed by atoms with Gasteiger partial charge in [-0.3, -0.25) is 0 Å². The molecule has 2 aliphatic carbocycles. The SMILES string of the molecule is CCOC1CC(N(C)c2ncnc3[nH]ccc23)C12CCC2. The van der Waals surface area contributed by atoms with Crippen LogP contribution < -0.4 is 4.90 Å². The Morgan fingerprint density at radius 1 is 1.43 bits per heavy atom. The van der Waals surface area contributed by atoms with Gasteiger partial charge in [0.05, 0.1) is 11.5 Å². The van der Waals surface area contributed by atoms with Crippen LogP contribution in [0.25, 0.3) is 11.0 Å². The van der Waals surface area contributed by atoms with Crippen LogP contribution in [0.2, 0.25) is 0 Å². The maximum atomic E-state index is 5.96. The quantitative estimate of drug-likeness (QED) is 0.939. The standard InChI is InChI=1S/C16H22N4O/c1-3-21-13-9-12(16(13)6-4-7-16)20(2)15-11-5-8-17-14(11)18-10-19-15/h5,8,10,12-13H,3-4,6-7,9H2,1-2H3,(H,17,18,19). The summed E-state index contributed by atoms with van der Waals surface area (Å²) >= 11 is 0. The van der Waals surface area contributed by atoms with E-state index in [1.807, 2.05) is 6.20 Å². The molecule has 21 heavy (non-hydrogen) atoms. The van der Waals surface area contributed by atoms with Gasteiger partial charge >= 0.3 is 0 Å². The summed E-state index contributed by atoms with van der Waals surface area (Å²) in [6.45, 7) is 2.91. The zero-order valence-corrected chi connectivity index (χ0v) is 12.7. The maximum Gasteiger partial charge on any atom is 0.142 e. The predicted octanol–water partition coefficient (Wildman–Crippen LogP) is 2.74. The molecule has 4 rings (SSSR count). The molecule has 0 bridgehead atoms. The molecule has 2 fully saturated rings. The number of fused-ring (bicyclic) bond motifs is 1. The zero-order chi connectivity index (χ0) is 14.4. The smallest absolute Gasteiger partial charge is 0.142 e. The minimum absolute atomic E-state index is 0.359. The van der Waals surface area contributed by atoms with Crippen LogP contribution in [0, 0.1) is 5.41 Å². The highest BCUT2D eigenvalue weighted by Crippen LogP contribution is 2.59. The van der Waals surface area contributed by atoms with Crippen molar-refractivity contribution in [3.8, 4) is 0 Å². The molecule has 112 valence electrons. The molecule has 2 aliphatic rings. The Bertz CT molecular complexity index is 649. The summed E-state index contributed by atoms with van der Waals surface area (Å²) in [6.07, 6.45) is 9.03. The number of nitrogens with one attached hydrogen (secondary N) is 1. The van der Waals surface area contributed by atoms with Gasteiger partial charge in [0.15, 0.2) is 0 Å². The molecule has 1 spiro atoms. The molecule has 2 atom stereocenters. The fraction of sp³-hybridized carbons (Fsp3) is 0.625. The molecule has 0 amide bonds. The highest BCUT2D eigenvalue weighted by atomic mass is 16.5. The van der Waals surface area contributed by atoms with Crippen molar-refractivity contribution < 1.29 is 4.74 Å². The van der Waals surface area contributed by atoms with Crippen molar-refractivity contribution >= 4 is 16.9 Å². The lowest BCUT2D eigenvalue weighted by Crippen LogP contribution is -2.67. The maximum absolute atomic E-state index is 5.96. The first-order valence-electron chi connectivity index (χ1n) is 7.89. The molecule has 0 aromatic carbocycles. The van der Waals surface area contributed by atoms with E-state index in [9.17, 15) is 0 Å². The van der Waals surface area contributed by atoms with Gasteiger partial charge < -0.3 is 14.6 Å².